The predicted molar refractivity (Wildman–Crippen MR) is 273 cm³/mol. The number of unbranched alkanes of at least 4 members (excludes halogenated alkanes) is 27. The van der Waals surface area contributed by atoms with Crippen LogP contribution < -0.4 is 14.2 Å². The van der Waals surface area contributed by atoms with E-state index in [0.29, 0.717) is 19.8 Å². The molecule has 0 saturated carbocycles. The Morgan fingerprint density at radius 3 is 0.921 bits per heavy atom. The summed E-state index contributed by atoms with van der Waals surface area (Å²) in [6.45, 7) is 8.90. The van der Waals surface area contributed by atoms with E-state index in [4.69, 9.17) is 19.2 Å². The Morgan fingerprint density at radius 2 is 0.587 bits per heavy atom. The number of ether oxygens (including phenoxy) is 3. The number of nitrogens with zero attached hydrogens (tertiary/aromatic N) is 1. The maximum absolute atomic E-state index is 6.78. The molecule has 0 unspecified atom stereocenters. The lowest BCUT2D eigenvalue weighted by Gasteiger charge is -2.20. The molecule has 0 amide bonds. The van der Waals surface area contributed by atoms with E-state index >= 15 is 0 Å². The summed E-state index contributed by atoms with van der Waals surface area (Å²) in [5, 5.41) is 0. The van der Waals surface area contributed by atoms with Gasteiger partial charge >= 0.3 is 0 Å². The Kier molecular flexibility index (Phi) is 28.5. The van der Waals surface area contributed by atoms with Crippen molar-refractivity contribution in [1.82, 2.24) is 4.98 Å². The largest absolute Gasteiger partial charge is 0.490 e. The minimum absolute atomic E-state index is 0.671. The molecular weight excluding hydrogens is 771 g/mol. The Balaban J connectivity index is 1.53. The Labute approximate surface area is 386 Å². The summed E-state index contributed by atoms with van der Waals surface area (Å²) in [5.41, 5.74) is 6.26. The lowest BCUT2D eigenvalue weighted by atomic mass is 9.99. The number of hydrogen-bond donors (Lipinski definition) is 0. The van der Waals surface area contributed by atoms with E-state index in [1.165, 1.54) is 173 Å². The van der Waals surface area contributed by atoms with Crippen LogP contribution in [0.3, 0.4) is 0 Å². The third kappa shape index (κ3) is 22.1. The van der Waals surface area contributed by atoms with Crippen LogP contribution in [0.2, 0.25) is 0 Å². The lowest BCUT2D eigenvalue weighted by molar-refractivity contribution is 0.234. The van der Waals surface area contributed by atoms with E-state index in [2.05, 4.69) is 106 Å². The van der Waals surface area contributed by atoms with Crippen LogP contribution in [-0.4, -0.2) is 24.8 Å². The van der Waals surface area contributed by atoms with E-state index in [9.17, 15) is 0 Å². The standard InChI is InChI=1S/C59H89NO3/c1-4-7-10-13-16-19-22-25-28-37-44-61-57-49-54(53-47-55(51-40-33-31-34-41-51)60-56(48-53)52-42-35-32-36-43-52)50-58(62-45-38-29-26-23-20-17-14-11-8-5-2)59(57)63-46-39-30-27-24-21-18-15-12-9-6-3/h31-36,40-43,47-50H,4-30,37-39,44-46H2,1-3H3. The molecule has 63 heavy (non-hydrogen) atoms. The summed E-state index contributed by atoms with van der Waals surface area (Å²) in [4.78, 5) is 5.19. The molecule has 348 valence electrons. The molecule has 0 bridgehead atoms. The lowest BCUT2D eigenvalue weighted by Crippen LogP contribution is -2.07. The predicted octanol–water partition coefficient (Wildman–Crippen LogP) is 19.0. The average Bonchev–Trinajstić information content (AvgIpc) is 3.32. The molecule has 0 aliphatic rings. The van der Waals surface area contributed by atoms with Crippen LogP contribution in [0.1, 0.15) is 213 Å². The third-order valence-electron chi connectivity index (χ3n) is 12.6. The normalized spacial score (nSPS) is 11.3. The molecule has 0 N–H and O–H groups in total. The van der Waals surface area contributed by atoms with Gasteiger partial charge in [0.15, 0.2) is 11.5 Å². The highest BCUT2D eigenvalue weighted by molar-refractivity contribution is 5.79. The van der Waals surface area contributed by atoms with Gasteiger partial charge in [0.2, 0.25) is 5.75 Å². The summed E-state index contributed by atoms with van der Waals surface area (Å²) >= 11 is 0. The van der Waals surface area contributed by atoms with E-state index in [0.717, 1.165) is 70.2 Å². The van der Waals surface area contributed by atoms with E-state index < -0.39 is 0 Å². The number of rotatable bonds is 39. The molecule has 0 radical (unpaired) electrons. The molecule has 1 heterocycles. The van der Waals surface area contributed by atoms with Gasteiger partial charge in [-0.15, -0.1) is 0 Å². The van der Waals surface area contributed by atoms with Gasteiger partial charge in [-0.05, 0) is 54.7 Å². The van der Waals surface area contributed by atoms with Crippen LogP contribution in [0, 0.1) is 0 Å². The highest BCUT2D eigenvalue weighted by Crippen LogP contribution is 2.43. The van der Waals surface area contributed by atoms with E-state index in [-0.39, 0.29) is 0 Å². The van der Waals surface area contributed by atoms with Gasteiger partial charge in [-0.1, -0.05) is 255 Å². The summed E-state index contributed by atoms with van der Waals surface area (Å²) in [6.07, 6.45) is 39.0. The molecule has 3 aromatic carbocycles. The minimum Gasteiger partial charge on any atom is -0.490 e. The molecule has 0 aliphatic heterocycles. The number of aromatic nitrogens is 1. The molecule has 0 atom stereocenters. The molecule has 0 aliphatic carbocycles. The van der Waals surface area contributed by atoms with Gasteiger partial charge in [0.25, 0.3) is 0 Å². The number of hydrogen-bond acceptors (Lipinski definition) is 4. The first kappa shape index (κ1) is 51.8. The summed E-state index contributed by atoms with van der Waals surface area (Å²) < 4.78 is 20.3. The van der Waals surface area contributed by atoms with Crippen molar-refractivity contribution in [2.45, 2.75) is 213 Å². The fraction of sp³-hybridized carbons (Fsp3) is 0.610. The van der Waals surface area contributed by atoms with Gasteiger partial charge in [-0.2, -0.15) is 0 Å². The minimum atomic E-state index is 0.671. The highest BCUT2D eigenvalue weighted by atomic mass is 16.5. The zero-order chi connectivity index (χ0) is 44.3. The third-order valence-corrected chi connectivity index (χ3v) is 12.6. The second kappa shape index (κ2) is 34.6. The van der Waals surface area contributed by atoms with Crippen LogP contribution in [0.5, 0.6) is 17.2 Å². The average molecular weight is 860 g/mol. The van der Waals surface area contributed by atoms with Crippen molar-refractivity contribution in [3.8, 4) is 50.9 Å². The van der Waals surface area contributed by atoms with Crippen molar-refractivity contribution >= 4 is 0 Å². The first-order chi connectivity index (χ1) is 31.2. The first-order valence-corrected chi connectivity index (χ1v) is 26.4. The second-order valence-electron chi connectivity index (χ2n) is 18.3. The molecule has 0 spiro atoms. The molecule has 4 heteroatoms. The molecule has 0 saturated heterocycles. The molecular formula is C59H89NO3. The molecule has 4 rings (SSSR count). The van der Waals surface area contributed by atoms with Gasteiger partial charge in [-0.25, -0.2) is 4.98 Å². The van der Waals surface area contributed by atoms with Crippen LogP contribution in [-0.2, 0) is 0 Å². The van der Waals surface area contributed by atoms with Gasteiger partial charge in [0.1, 0.15) is 0 Å². The van der Waals surface area contributed by atoms with Crippen molar-refractivity contribution in [1.29, 1.82) is 0 Å². The van der Waals surface area contributed by atoms with E-state index in [1.807, 2.05) is 0 Å². The first-order valence-electron chi connectivity index (χ1n) is 26.4. The highest BCUT2D eigenvalue weighted by Gasteiger charge is 2.19. The number of benzene rings is 3. The summed E-state index contributed by atoms with van der Waals surface area (Å²) in [5.74, 6) is 2.37. The summed E-state index contributed by atoms with van der Waals surface area (Å²) in [6, 6.07) is 29.9. The Hall–Kier alpha value is -3.79. The van der Waals surface area contributed by atoms with Gasteiger partial charge in [0, 0.05) is 11.1 Å². The van der Waals surface area contributed by atoms with Crippen LogP contribution in [0.15, 0.2) is 84.9 Å². The van der Waals surface area contributed by atoms with Crippen molar-refractivity contribution < 1.29 is 14.2 Å². The van der Waals surface area contributed by atoms with Crippen LogP contribution >= 0.6 is 0 Å². The van der Waals surface area contributed by atoms with Crippen molar-refractivity contribution in [3.05, 3.63) is 84.9 Å². The molecule has 1 aromatic heterocycles. The maximum Gasteiger partial charge on any atom is 0.203 e. The summed E-state index contributed by atoms with van der Waals surface area (Å²) in [7, 11) is 0. The van der Waals surface area contributed by atoms with Crippen LogP contribution in [0.25, 0.3) is 33.6 Å². The Morgan fingerprint density at radius 1 is 0.302 bits per heavy atom. The Bertz CT molecular complexity index is 1580. The molecule has 4 nitrogen and oxygen atoms in total. The maximum atomic E-state index is 6.78. The topological polar surface area (TPSA) is 40.6 Å². The SMILES string of the molecule is CCCCCCCCCCCCOc1cc(-c2cc(-c3ccccc3)nc(-c3ccccc3)c2)cc(OCCCCCCCCCCCC)c1OCCCCCCCCCCCC. The zero-order valence-electron chi connectivity index (χ0n) is 40.6. The van der Waals surface area contributed by atoms with Crippen molar-refractivity contribution in [2.24, 2.45) is 0 Å². The van der Waals surface area contributed by atoms with Gasteiger partial charge < -0.3 is 14.2 Å². The monoisotopic (exact) mass is 860 g/mol. The van der Waals surface area contributed by atoms with Crippen molar-refractivity contribution in [3.63, 3.8) is 0 Å². The van der Waals surface area contributed by atoms with Gasteiger partial charge in [0.05, 0.1) is 31.2 Å². The quantitative estimate of drug-likeness (QED) is 0.0419. The second-order valence-corrected chi connectivity index (χ2v) is 18.3. The molecule has 0 fully saturated rings. The fourth-order valence-corrected chi connectivity index (χ4v) is 8.62. The van der Waals surface area contributed by atoms with Crippen LogP contribution in [0.4, 0.5) is 0 Å². The van der Waals surface area contributed by atoms with E-state index in [1.54, 1.807) is 0 Å². The molecule has 4 aromatic rings. The zero-order valence-corrected chi connectivity index (χ0v) is 40.6. The number of pyridine rings is 1. The smallest absolute Gasteiger partial charge is 0.203 e. The van der Waals surface area contributed by atoms with Gasteiger partial charge in [-0.3, -0.25) is 0 Å². The fourth-order valence-electron chi connectivity index (χ4n) is 8.62. The van der Waals surface area contributed by atoms with Crippen molar-refractivity contribution in [2.75, 3.05) is 19.8 Å².